The summed E-state index contributed by atoms with van der Waals surface area (Å²) in [6, 6.07) is 9.74. The van der Waals surface area contributed by atoms with Gasteiger partial charge >= 0.3 is 0 Å². The van der Waals surface area contributed by atoms with Crippen LogP contribution in [0.4, 0.5) is 0 Å². The van der Waals surface area contributed by atoms with Gasteiger partial charge in [0.15, 0.2) is 0 Å². The van der Waals surface area contributed by atoms with Crippen LogP contribution in [0.2, 0.25) is 0 Å². The van der Waals surface area contributed by atoms with Crippen LogP contribution >= 0.6 is 27.7 Å². The predicted octanol–water partition coefficient (Wildman–Crippen LogP) is 3.49. The number of aromatic nitrogens is 1. The zero-order chi connectivity index (χ0) is 15.1. The van der Waals surface area contributed by atoms with E-state index in [1.807, 2.05) is 30.3 Å². The van der Waals surface area contributed by atoms with Crippen LogP contribution < -0.4 is 4.74 Å². The van der Waals surface area contributed by atoms with Crippen molar-refractivity contribution in [2.75, 3.05) is 13.7 Å². The number of methoxy groups -OCH3 is 1. The van der Waals surface area contributed by atoms with Gasteiger partial charge in [-0.25, -0.2) is 4.98 Å². The Labute approximate surface area is 136 Å². The molecule has 0 spiro atoms. The Morgan fingerprint density at radius 3 is 2.95 bits per heavy atom. The van der Waals surface area contributed by atoms with Crippen LogP contribution in [0.15, 0.2) is 46.0 Å². The summed E-state index contributed by atoms with van der Waals surface area (Å²) in [7, 11) is 1.61. The molecule has 1 heterocycles. The zero-order valence-electron chi connectivity index (χ0n) is 11.5. The molecule has 0 bridgehead atoms. The van der Waals surface area contributed by atoms with Gasteiger partial charge in [-0.2, -0.15) is 0 Å². The molecular formula is C16H14BrNO2S. The summed E-state index contributed by atoms with van der Waals surface area (Å²) in [6.07, 6.45) is 1.78. The lowest BCUT2D eigenvalue weighted by atomic mass is 10.1. The van der Waals surface area contributed by atoms with Crippen molar-refractivity contribution in [3.05, 3.63) is 52.1 Å². The number of pyridine rings is 1. The molecule has 1 aromatic carbocycles. The molecule has 0 aliphatic heterocycles. The average molecular weight is 364 g/mol. The van der Waals surface area contributed by atoms with E-state index in [9.17, 15) is 0 Å². The van der Waals surface area contributed by atoms with Gasteiger partial charge < -0.3 is 9.84 Å². The average Bonchev–Trinajstić information content (AvgIpc) is 2.52. The maximum atomic E-state index is 8.81. The standard InChI is InChI=1S/C16H14BrNO2S/c1-20-15-7-6-12(10-13(15)4-3-9-19)11-21-16-14(17)5-2-8-18-16/h2,5-8,10,19H,9,11H2,1H3. The molecule has 2 rings (SSSR count). The summed E-state index contributed by atoms with van der Waals surface area (Å²) < 4.78 is 6.26. The van der Waals surface area contributed by atoms with E-state index in [2.05, 4.69) is 32.8 Å². The molecule has 0 atom stereocenters. The molecule has 108 valence electrons. The van der Waals surface area contributed by atoms with Gasteiger partial charge in [-0.1, -0.05) is 17.9 Å². The number of rotatable bonds is 4. The second-order valence-corrected chi connectivity index (χ2v) is 5.89. The van der Waals surface area contributed by atoms with Crippen LogP contribution in [0.1, 0.15) is 11.1 Å². The topological polar surface area (TPSA) is 42.4 Å². The Bertz CT molecular complexity index is 679. The molecule has 1 aromatic heterocycles. The Hall–Kier alpha value is -1.48. The number of ether oxygens (including phenoxy) is 1. The molecule has 0 radical (unpaired) electrons. The number of hydrogen-bond donors (Lipinski definition) is 1. The third kappa shape index (κ3) is 4.50. The highest BCUT2D eigenvalue weighted by molar-refractivity contribution is 9.10. The van der Waals surface area contributed by atoms with E-state index in [1.54, 1.807) is 25.1 Å². The molecule has 5 heteroatoms. The van der Waals surface area contributed by atoms with Gasteiger partial charge in [-0.05, 0) is 45.8 Å². The van der Waals surface area contributed by atoms with E-state index in [1.165, 1.54) is 0 Å². The lowest BCUT2D eigenvalue weighted by Crippen LogP contribution is -1.91. The number of benzene rings is 1. The number of nitrogens with zero attached hydrogens (tertiary/aromatic N) is 1. The lowest BCUT2D eigenvalue weighted by molar-refractivity contribution is 0.350. The second kappa shape index (κ2) is 8.08. The number of aliphatic hydroxyl groups is 1. The van der Waals surface area contributed by atoms with Crippen LogP contribution in [-0.2, 0) is 5.75 Å². The largest absolute Gasteiger partial charge is 0.495 e. The first-order valence-corrected chi connectivity index (χ1v) is 8.02. The highest BCUT2D eigenvalue weighted by Gasteiger charge is 2.05. The first kappa shape index (κ1) is 15.9. The number of hydrogen-bond acceptors (Lipinski definition) is 4. The van der Waals surface area contributed by atoms with Crippen molar-refractivity contribution in [1.29, 1.82) is 0 Å². The van der Waals surface area contributed by atoms with Gasteiger partial charge in [0.1, 0.15) is 17.4 Å². The second-order valence-electron chi connectivity index (χ2n) is 4.07. The third-order valence-electron chi connectivity index (χ3n) is 2.67. The molecule has 0 unspecified atom stereocenters. The first-order chi connectivity index (χ1) is 10.2. The van der Waals surface area contributed by atoms with Crippen molar-refractivity contribution in [3.8, 4) is 17.6 Å². The zero-order valence-corrected chi connectivity index (χ0v) is 13.9. The minimum absolute atomic E-state index is 0.164. The minimum atomic E-state index is -0.164. The number of thioether (sulfide) groups is 1. The molecule has 0 aliphatic carbocycles. The molecule has 0 saturated carbocycles. The van der Waals surface area contributed by atoms with E-state index in [0.717, 1.165) is 26.4 Å². The quantitative estimate of drug-likeness (QED) is 0.666. The SMILES string of the molecule is COc1ccc(CSc2ncccc2Br)cc1C#CCO. The van der Waals surface area contributed by atoms with Gasteiger partial charge in [0, 0.05) is 16.4 Å². The molecule has 0 saturated heterocycles. The van der Waals surface area contributed by atoms with Crippen LogP contribution in [0.5, 0.6) is 5.75 Å². The normalized spacial score (nSPS) is 9.86. The highest BCUT2D eigenvalue weighted by Crippen LogP contribution is 2.29. The van der Waals surface area contributed by atoms with Gasteiger partial charge in [0.2, 0.25) is 0 Å². The smallest absolute Gasteiger partial charge is 0.134 e. The molecule has 2 aromatic rings. The monoisotopic (exact) mass is 363 g/mol. The van der Waals surface area contributed by atoms with E-state index in [4.69, 9.17) is 9.84 Å². The van der Waals surface area contributed by atoms with E-state index >= 15 is 0 Å². The highest BCUT2D eigenvalue weighted by atomic mass is 79.9. The maximum absolute atomic E-state index is 8.81. The predicted molar refractivity (Wildman–Crippen MR) is 88.5 cm³/mol. The Kier molecular flexibility index (Phi) is 6.12. The Morgan fingerprint density at radius 1 is 1.38 bits per heavy atom. The minimum Gasteiger partial charge on any atom is -0.495 e. The van der Waals surface area contributed by atoms with E-state index in [0.29, 0.717) is 5.75 Å². The van der Waals surface area contributed by atoms with Crippen LogP contribution in [-0.4, -0.2) is 23.8 Å². The molecule has 3 nitrogen and oxygen atoms in total. The summed E-state index contributed by atoms with van der Waals surface area (Å²) >= 11 is 5.14. The Morgan fingerprint density at radius 2 is 2.24 bits per heavy atom. The van der Waals surface area contributed by atoms with Crippen LogP contribution in [0, 0.1) is 11.8 Å². The van der Waals surface area contributed by atoms with Gasteiger partial charge in [-0.15, -0.1) is 11.8 Å². The molecule has 21 heavy (non-hydrogen) atoms. The summed E-state index contributed by atoms with van der Waals surface area (Å²) in [6.45, 7) is -0.164. The molecule has 0 amide bonds. The van der Waals surface area contributed by atoms with Crippen molar-refractivity contribution >= 4 is 27.7 Å². The van der Waals surface area contributed by atoms with E-state index < -0.39 is 0 Å². The van der Waals surface area contributed by atoms with Crippen molar-refractivity contribution in [2.24, 2.45) is 0 Å². The van der Waals surface area contributed by atoms with Gasteiger partial charge in [0.25, 0.3) is 0 Å². The molecule has 0 aliphatic rings. The number of aliphatic hydroxyl groups excluding tert-OH is 1. The molecule has 1 N–H and O–H groups in total. The molecular weight excluding hydrogens is 350 g/mol. The van der Waals surface area contributed by atoms with Crippen molar-refractivity contribution in [1.82, 2.24) is 4.98 Å². The van der Waals surface area contributed by atoms with E-state index in [-0.39, 0.29) is 6.61 Å². The maximum Gasteiger partial charge on any atom is 0.134 e. The summed E-state index contributed by atoms with van der Waals surface area (Å²) in [4.78, 5) is 4.33. The number of halogens is 1. The van der Waals surface area contributed by atoms with Crippen LogP contribution in [0.25, 0.3) is 0 Å². The van der Waals surface area contributed by atoms with Crippen molar-refractivity contribution in [2.45, 2.75) is 10.8 Å². The van der Waals surface area contributed by atoms with Crippen LogP contribution in [0.3, 0.4) is 0 Å². The fourth-order valence-electron chi connectivity index (χ4n) is 1.71. The lowest BCUT2D eigenvalue weighted by Gasteiger charge is -2.07. The fraction of sp³-hybridized carbons (Fsp3) is 0.188. The van der Waals surface area contributed by atoms with Gasteiger partial charge in [-0.3, -0.25) is 0 Å². The Balaban J connectivity index is 2.15. The van der Waals surface area contributed by atoms with Crippen molar-refractivity contribution < 1.29 is 9.84 Å². The summed E-state index contributed by atoms with van der Waals surface area (Å²) in [5, 5.41) is 9.77. The third-order valence-corrected chi connectivity index (χ3v) is 4.65. The summed E-state index contributed by atoms with van der Waals surface area (Å²) in [5.74, 6) is 7.05. The summed E-state index contributed by atoms with van der Waals surface area (Å²) in [5.41, 5.74) is 1.91. The first-order valence-electron chi connectivity index (χ1n) is 6.24. The fourth-order valence-corrected chi connectivity index (χ4v) is 3.13. The van der Waals surface area contributed by atoms with Crippen molar-refractivity contribution in [3.63, 3.8) is 0 Å². The molecule has 0 fully saturated rings. The van der Waals surface area contributed by atoms with Gasteiger partial charge in [0.05, 0.1) is 12.7 Å².